The third-order valence-electron chi connectivity index (χ3n) is 13.8. The van der Waals surface area contributed by atoms with E-state index >= 15 is 0 Å². The van der Waals surface area contributed by atoms with Crippen molar-refractivity contribution in [2.24, 2.45) is 0 Å². The van der Waals surface area contributed by atoms with Gasteiger partial charge in [-0.15, -0.1) is 12.3 Å². The summed E-state index contributed by atoms with van der Waals surface area (Å²) >= 11 is 10.2. The molecular formula is C68H91Br2ClF6I2N2O17S2. The largest absolute Gasteiger partial charge is 0.494 e. The number of halogens is 11. The zero-order chi connectivity index (χ0) is 77.1. The standard InChI is InChI=1S/C22H23F3INO5S.C14H11F3INO.C8H13BrO2.C8H13ClO4S.C6H10O.C5H9BrO2.C5H12O2/c1-12(7-15-11-31-22(2,3)32-15)33(28,29)27-21-16(20(25)18(24)10-19(21)30-4)8-13-5-6-14(26)9-17(13)23;1-20-12-6-11(16)13(17)9(14(12)19)4-7-2-3-8(18)5-10(7)15;1-6(9)4-7-5-10-8(2,3)11-7;1-6(14(9,10)11)4-7-5-12-8(2,3)13-7;1-3-5-6(7)4-2;1-4(6)2-5(8)3-7;1-5(2,6-3)7-4/h5-6,9-10,15,27H,1,7-8,11H2,2-4H3;2-3,5-6H,4,19H2,1H3;7H,1,4-5H2,2-3H3;7H,1,4-5H2,2-3H3;1,6-7H,4-5H2,2H3;5,7-8H,1-3H2;1-4H3/t15-;;2*7-;6-;5-;/m0.0010./s1. The Morgan fingerprint density at radius 1 is 0.690 bits per heavy atom. The fraction of sp³-hybridized carbons (Fsp3) is 0.500. The van der Waals surface area contributed by atoms with Crippen molar-refractivity contribution in [3.63, 3.8) is 0 Å². The van der Waals surface area contributed by atoms with Gasteiger partial charge in [0.25, 0.3) is 19.1 Å². The minimum Gasteiger partial charge on any atom is -0.494 e. The number of ether oxygens (including phenoxy) is 10. The molecular weight excluding hydrogens is 1740 g/mol. The van der Waals surface area contributed by atoms with E-state index in [-0.39, 0.29) is 100 Å². The smallest absolute Gasteiger partial charge is 0.257 e. The first kappa shape index (κ1) is 94.4. The van der Waals surface area contributed by atoms with Crippen LogP contribution in [0.3, 0.4) is 0 Å². The minimum absolute atomic E-state index is 0.0237. The predicted molar refractivity (Wildman–Crippen MR) is 400 cm³/mol. The molecule has 4 aromatic carbocycles. The molecule has 19 nitrogen and oxygen atoms in total. The van der Waals surface area contributed by atoms with Gasteiger partial charge in [0.2, 0.25) is 0 Å². The molecule has 100 heavy (non-hydrogen) atoms. The summed E-state index contributed by atoms with van der Waals surface area (Å²) in [6, 6.07) is 10.4. The van der Waals surface area contributed by atoms with Crippen LogP contribution < -0.4 is 19.9 Å². The van der Waals surface area contributed by atoms with Gasteiger partial charge in [0.1, 0.15) is 23.1 Å². The van der Waals surface area contributed by atoms with E-state index in [2.05, 4.69) is 68.8 Å². The highest BCUT2D eigenvalue weighted by atomic mass is 127. The molecule has 0 amide bonds. The van der Waals surface area contributed by atoms with Crippen LogP contribution in [0.2, 0.25) is 0 Å². The first-order valence-corrected chi connectivity index (χ1v) is 37.8. The van der Waals surface area contributed by atoms with Crippen molar-refractivity contribution in [3.05, 3.63) is 158 Å². The molecule has 3 fully saturated rings. The number of sulfonamides is 1. The number of nitrogens with one attached hydrogen (secondary N) is 1. The molecule has 32 heteroatoms. The number of methoxy groups -OCH3 is 4. The van der Waals surface area contributed by atoms with Gasteiger partial charge in [-0.25, -0.2) is 43.2 Å². The Hall–Kier alpha value is -3.65. The number of rotatable bonds is 23. The predicted octanol–water partition coefficient (Wildman–Crippen LogP) is 15.5. The van der Waals surface area contributed by atoms with Gasteiger partial charge in [0.15, 0.2) is 46.4 Å². The Bertz CT molecular complexity index is 3640. The van der Waals surface area contributed by atoms with Gasteiger partial charge in [-0.05, 0) is 151 Å². The summed E-state index contributed by atoms with van der Waals surface area (Å²) in [6.45, 7) is 31.6. The zero-order valence-electron chi connectivity index (χ0n) is 58.0. The molecule has 0 unspecified atom stereocenters. The van der Waals surface area contributed by atoms with Crippen molar-refractivity contribution in [1.29, 1.82) is 0 Å². The highest BCUT2D eigenvalue weighted by molar-refractivity contribution is 14.1. The van der Waals surface area contributed by atoms with E-state index in [4.69, 9.17) is 85.5 Å². The van der Waals surface area contributed by atoms with E-state index in [0.717, 1.165) is 29.5 Å². The average molecular weight is 1840 g/mol. The average Bonchev–Trinajstić information content (AvgIpc) is 1.04. The van der Waals surface area contributed by atoms with Crippen LogP contribution in [0.1, 0.15) is 123 Å². The summed E-state index contributed by atoms with van der Waals surface area (Å²) in [7, 11) is 2.86. The van der Waals surface area contributed by atoms with Crippen molar-refractivity contribution in [2.75, 3.05) is 65.3 Å². The first-order chi connectivity index (χ1) is 46.1. The van der Waals surface area contributed by atoms with Crippen LogP contribution in [0.25, 0.3) is 0 Å². The van der Waals surface area contributed by atoms with E-state index in [0.29, 0.717) is 37.7 Å². The SMILES string of the molecule is C#CC[C@H](O)CC.C=C(Br)C[C@H](O)CO.C=C(Br)C[C@H]1COC(C)(C)O1.C=C(C[C@H]1COC(C)(C)O1)S(=O)(=O)Cl.C=C(C[C@H]1COC(C)(C)O1)S(=O)(=O)Nc1c(OC)cc(F)c(F)c1Cc1ccc(I)cc1F.COC(C)(C)OC.COc1cc(F)c(F)c(Cc2ccc(I)cc2F)c1N. The lowest BCUT2D eigenvalue weighted by molar-refractivity contribution is -0.178. The third-order valence-corrected chi connectivity index (χ3v) is 18.7. The zero-order valence-corrected chi connectivity index (χ0v) is 67.9. The second-order valence-corrected chi connectivity index (χ2v) is 33.0. The molecule has 0 aromatic heterocycles. The highest BCUT2D eigenvalue weighted by Crippen LogP contribution is 2.38. The van der Waals surface area contributed by atoms with E-state index in [9.17, 15) is 43.2 Å². The number of benzene rings is 4. The topological polar surface area (TPSA) is 259 Å². The number of terminal acetylenes is 1. The molecule has 5 atom stereocenters. The quantitative estimate of drug-likeness (QED) is 0.0115. The maximum Gasteiger partial charge on any atom is 0.257 e. The van der Waals surface area contributed by atoms with E-state index in [1.54, 1.807) is 54.0 Å². The molecule has 0 aliphatic carbocycles. The van der Waals surface area contributed by atoms with Crippen molar-refractivity contribution >= 4 is 118 Å². The Morgan fingerprint density at radius 2 is 1.09 bits per heavy atom. The third kappa shape index (κ3) is 35.0. The maximum absolute atomic E-state index is 14.8. The monoisotopic (exact) mass is 1830 g/mol. The molecule has 3 heterocycles. The second-order valence-electron chi connectivity index (χ2n) is 23.8. The summed E-state index contributed by atoms with van der Waals surface area (Å²) < 4.78 is 190. The Balaban J connectivity index is 0.000000638. The van der Waals surface area contributed by atoms with Crippen LogP contribution in [-0.2, 0) is 69.8 Å². The van der Waals surface area contributed by atoms with Gasteiger partial charge < -0.3 is 68.4 Å². The van der Waals surface area contributed by atoms with Gasteiger partial charge in [-0.2, -0.15) is 0 Å². The molecule has 6 N–H and O–H groups in total. The number of aliphatic hydroxyl groups is 3. The Kier molecular flexibility index (Phi) is 41.2. The highest BCUT2D eigenvalue weighted by Gasteiger charge is 2.37. The van der Waals surface area contributed by atoms with Crippen LogP contribution in [0.4, 0.5) is 37.7 Å². The number of aliphatic hydroxyl groups excluding tert-OH is 3. The molecule has 0 bridgehead atoms. The van der Waals surface area contributed by atoms with Crippen molar-refractivity contribution < 1.29 is 106 Å². The summed E-state index contributed by atoms with van der Waals surface area (Å²) in [5.41, 5.74) is 5.17. The molecule has 0 saturated carbocycles. The number of hydrogen-bond donors (Lipinski definition) is 5. The Labute approximate surface area is 633 Å². The van der Waals surface area contributed by atoms with E-state index < -0.39 is 101 Å². The van der Waals surface area contributed by atoms with Crippen LogP contribution in [0.15, 0.2) is 93.6 Å². The van der Waals surface area contributed by atoms with E-state index in [1.807, 2.05) is 79.8 Å². The van der Waals surface area contributed by atoms with Crippen LogP contribution >= 0.6 is 87.7 Å². The summed E-state index contributed by atoms with van der Waals surface area (Å²) in [5.74, 6) is -6.03. The van der Waals surface area contributed by atoms with Crippen LogP contribution in [0, 0.1) is 54.4 Å². The summed E-state index contributed by atoms with van der Waals surface area (Å²) in [6.07, 6.45) is 5.29. The van der Waals surface area contributed by atoms with Crippen molar-refractivity contribution in [3.8, 4) is 23.8 Å². The molecule has 0 spiro atoms. The number of nitrogen functional groups attached to an aromatic ring is 1. The molecule has 3 aliphatic rings. The van der Waals surface area contributed by atoms with Gasteiger partial charge in [-0.1, -0.05) is 77.2 Å². The fourth-order valence-corrected chi connectivity index (χ4v) is 11.5. The molecule has 7 rings (SSSR count). The van der Waals surface area contributed by atoms with Crippen LogP contribution in [0.5, 0.6) is 11.5 Å². The lowest BCUT2D eigenvalue weighted by Gasteiger charge is -2.20. The maximum atomic E-state index is 14.8. The number of hydrogen-bond acceptors (Lipinski definition) is 18. The van der Waals surface area contributed by atoms with Crippen molar-refractivity contribution in [1.82, 2.24) is 0 Å². The molecule has 3 aliphatic heterocycles. The Morgan fingerprint density at radius 3 is 1.40 bits per heavy atom. The van der Waals surface area contributed by atoms with Gasteiger partial charge in [-0.3, -0.25) is 4.72 Å². The molecule has 0 radical (unpaired) electrons. The van der Waals surface area contributed by atoms with Crippen LogP contribution in [-0.4, -0.2) is 141 Å². The van der Waals surface area contributed by atoms with Gasteiger partial charge >= 0.3 is 0 Å². The normalized spacial score (nSPS) is 17.6. The first-order valence-electron chi connectivity index (χ1n) is 30.2. The fourth-order valence-electron chi connectivity index (χ4n) is 8.26. The second kappa shape index (κ2) is 43.7. The molecule has 3 saturated heterocycles. The minimum atomic E-state index is -4.28. The van der Waals surface area contributed by atoms with E-state index in [1.165, 1.54) is 38.5 Å². The summed E-state index contributed by atoms with van der Waals surface area (Å²) in [5, 5.41) is 25.7. The lowest BCUT2D eigenvalue weighted by atomic mass is 10.0. The number of nitrogens with two attached hydrogens (primary N) is 1. The molecule has 4 aromatic rings. The van der Waals surface area contributed by atoms with Crippen molar-refractivity contribution in [2.45, 2.75) is 167 Å². The van der Waals surface area contributed by atoms with Gasteiger partial charge in [0, 0.05) is 100 Å². The number of anilines is 2. The van der Waals surface area contributed by atoms with Gasteiger partial charge in [0.05, 0.1) is 92.4 Å². The lowest BCUT2D eigenvalue weighted by Crippen LogP contribution is -2.24. The summed E-state index contributed by atoms with van der Waals surface area (Å²) in [4.78, 5) is -0.280. The molecule has 564 valence electrons.